The molecule has 1 rings (SSSR count). The van der Waals surface area contributed by atoms with Crippen LogP contribution in [0.4, 0.5) is 0 Å². The predicted octanol–water partition coefficient (Wildman–Crippen LogP) is 0.230. The van der Waals surface area contributed by atoms with E-state index in [9.17, 15) is 16.8 Å². The lowest BCUT2D eigenvalue weighted by Crippen LogP contribution is -2.24. The fraction of sp³-hybridized carbons (Fsp3) is 1.00. The Kier molecular flexibility index (Phi) is 3.23. The van der Waals surface area contributed by atoms with Crippen LogP contribution in [0.25, 0.3) is 0 Å². The van der Waals surface area contributed by atoms with Gasteiger partial charge in [-0.25, -0.2) is 8.42 Å². The average Bonchev–Trinajstić information content (AvgIpc) is 2.80. The molecule has 1 atom stereocenters. The van der Waals surface area contributed by atoms with Gasteiger partial charge < -0.3 is 0 Å². The number of hydrogen-bond donors (Lipinski definition) is 1. The van der Waals surface area contributed by atoms with E-state index < -0.39 is 31.0 Å². The van der Waals surface area contributed by atoms with E-state index in [-0.39, 0.29) is 11.7 Å². The summed E-state index contributed by atoms with van der Waals surface area (Å²) in [4.78, 5) is 0. The van der Waals surface area contributed by atoms with Crippen LogP contribution in [0.1, 0.15) is 26.2 Å². The van der Waals surface area contributed by atoms with Crippen LogP contribution in [-0.2, 0) is 20.0 Å². The van der Waals surface area contributed by atoms with Crippen LogP contribution in [0.2, 0.25) is 0 Å². The van der Waals surface area contributed by atoms with Gasteiger partial charge in [0.1, 0.15) is 0 Å². The van der Waals surface area contributed by atoms with E-state index in [2.05, 4.69) is 0 Å². The van der Waals surface area contributed by atoms with E-state index in [1.165, 1.54) is 6.92 Å². The topological polar surface area (TPSA) is 88.5 Å². The van der Waals surface area contributed by atoms with Crippen LogP contribution in [-0.4, -0.2) is 37.6 Å². The Morgan fingerprint density at radius 3 is 2.14 bits per heavy atom. The molecule has 5 nitrogen and oxygen atoms in total. The lowest BCUT2D eigenvalue weighted by atomic mass is 10.4. The lowest BCUT2D eigenvalue weighted by Gasteiger charge is -2.10. The predicted molar refractivity (Wildman–Crippen MR) is 52.4 cm³/mol. The molecule has 7 heteroatoms. The smallest absolute Gasteiger partial charge is 0.264 e. The summed E-state index contributed by atoms with van der Waals surface area (Å²) in [5.41, 5.74) is 0. The van der Waals surface area contributed by atoms with Crippen LogP contribution >= 0.6 is 0 Å². The minimum absolute atomic E-state index is 0.0301. The second-order valence-corrected chi connectivity index (χ2v) is 7.90. The van der Waals surface area contributed by atoms with Gasteiger partial charge in [0.2, 0.25) is 0 Å². The Morgan fingerprint density at radius 1 is 1.29 bits per heavy atom. The quantitative estimate of drug-likeness (QED) is 0.697. The van der Waals surface area contributed by atoms with E-state index in [0.29, 0.717) is 12.8 Å². The van der Waals surface area contributed by atoms with Gasteiger partial charge in [-0.3, -0.25) is 4.55 Å². The fourth-order valence-electron chi connectivity index (χ4n) is 1.20. The third-order valence-corrected chi connectivity index (χ3v) is 5.84. The first kappa shape index (κ1) is 11.9. The molecule has 0 spiro atoms. The summed E-state index contributed by atoms with van der Waals surface area (Å²) in [6.07, 6.45) is 1.33. The summed E-state index contributed by atoms with van der Waals surface area (Å²) in [6.45, 7) is 1.48. The van der Waals surface area contributed by atoms with Gasteiger partial charge >= 0.3 is 0 Å². The van der Waals surface area contributed by atoms with Crippen LogP contribution in [0.15, 0.2) is 0 Å². The van der Waals surface area contributed by atoms with Crippen LogP contribution in [0.5, 0.6) is 0 Å². The van der Waals surface area contributed by atoms with Crippen molar-refractivity contribution >= 4 is 20.0 Å². The Hall–Kier alpha value is -0.140. The first-order valence-electron chi connectivity index (χ1n) is 4.41. The standard InChI is InChI=1S/C7H14O5S2/c1-6(4-5-13(8,9)10)14(11,12)7-2-3-7/h6-7H,2-5H2,1H3,(H,8,9,10). The molecule has 1 aliphatic carbocycles. The number of hydrogen-bond acceptors (Lipinski definition) is 4. The first-order valence-corrected chi connectivity index (χ1v) is 7.63. The monoisotopic (exact) mass is 242 g/mol. The van der Waals surface area contributed by atoms with Crippen LogP contribution in [0.3, 0.4) is 0 Å². The van der Waals surface area contributed by atoms with Gasteiger partial charge in [-0.15, -0.1) is 0 Å². The van der Waals surface area contributed by atoms with Gasteiger partial charge in [-0.1, -0.05) is 0 Å². The molecular formula is C7H14O5S2. The van der Waals surface area contributed by atoms with E-state index in [4.69, 9.17) is 4.55 Å². The number of rotatable bonds is 5. The third-order valence-electron chi connectivity index (χ3n) is 2.33. The second kappa shape index (κ2) is 3.79. The van der Waals surface area contributed by atoms with E-state index >= 15 is 0 Å². The maximum Gasteiger partial charge on any atom is 0.264 e. The molecule has 0 bridgehead atoms. The molecule has 0 aromatic carbocycles. The summed E-state index contributed by atoms with van der Waals surface area (Å²) in [7, 11) is -7.21. The molecule has 0 aromatic heterocycles. The number of sulfone groups is 1. The molecule has 0 heterocycles. The Labute approximate surface area is 84.2 Å². The van der Waals surface area contributed by atoms with Crippen molar-refractivity contribution in [1.82, 2.24) is 0 Å². The zero-order valence-corrected chi connectivity index (χ0v) is 9.51. The Balaban J connectivity index is 2.54. The zero-order valence-electron chi connectivity index (χ0n) is 7.88. The molecule has 1 saturated carbocycles. The van der Waals surface area contributed by atoms with E-state index in [0.717, 1.165) is 0 Å². The van der Waals surface area contributed by atoms with Crippen molar-refractivity contribution in [2.24, 2.45) is 0 Å². The van der Waals surface area contributed by atoms with Gasteiger partial charge in [-0.2, -0.15) is 8.42 Å². The molecule has 0 amide bonds. The summed E-state index contributed by atoms with van der Waals surface area (Å²) in [5, 5.41) is -0.962. The molecule has 1 N–H and O–H groups in total. The van der Waals surface area contributed by atoms with Crippen molar-refractivity contribution in [1.29, 1.82) is 0 Å². The van der Waals surface area contributed by atoms with Gasteiger partial charge in [0.25, 0.3) is 10.1 Å². The highest BCUT2D eigenvalue weighted by Crippen LogP contribution is 2.32. The highest BCUT2D eigenvalue weighted by atomic mass is 32.2. The normalized spacial score (nSPS) is 20.7. The van der Waals surface area contributed by atoms with Crippen molar-refractivity contribution in [2.45, 2.75) is 36.7 Å². The van der Waals surface area contributed by atoms with Crippen molar-refractivity contribution in [2.75, 3.05) is 5.75 Å². The van der Waals surface area contributed by atoms with Crippen molar-refractivity contribution < 1.29 is 21.4 Å². The van der Waals surface area contributed by atoms with Crippen LogP contribution in [0, 0.1) is 0 Å². The van der Waals surface area contributed by atoms with Gasteiger partial charge in [0, 0.05) is 0 Å². The van der Waals surface area contributed by atoms with Crippen molar-refractivity contribution in [3.8, 4) is 0 Å². The fourth-order valence-corrected chi connectivity index (χ4v) is 3.90. The maximum absolute atomic E-state index is 11.5. The third kappa shape index (κ3) is 3.21. The van der Waals surface area contributed by atoms with Crippen molar-refractivity contribution in [3.63, 3.8) is 0 Å². The highest BCUT2D eigenvalue weighted by Gasteiger charge is 2.39. The molecule has 14 heavy (non-hydrogen) atoms. The minimum Gasteiger partial charge on any atom is -0.286 e. The summed E-state index contributed by atoms with van der Waals surface area (Å²) < 4.78 is 52.3. The Bertz CT molecular complexity index is 390. The molecule has 1 fully saturated rings. The summed E-state index contributed by atoms with van der Waals surface area (Å²) in [6, 6.07) is 0. The maximum atomic E-state index is 11.5. The SMILES string of the molecule is CC(CCS(=O)(=O)O)S(=O)(=O)C1CC1. The van der Waals surface area contributed by atoms with E-state index in [1.807, 2.05) is 0 Å². The lowest BCUT2D eigenvalue weighted by molar-refractivity contribution is 0.480. The van der Waals surface area contributed by atoms with Gasteiger partial charge in [0.05, 0.1) is 16.3 Å². The van der Waals surface area contributed by atoms with Crippen molar-refractivity contribution in [3.05, 3.63) is 0 Å². The molecule has 1 unspecified atom stereocenters. The first-order chi connectivity index (χ1) is 6.23. The average molecular weight is 242 g/mol. The second-order valence-electron chi connectivity index (χ2n) is 3.67. The van der Waals surface area contributed by atoms with Crippen LogP contribution < -0.4 is 0 Å². The Morgan fingerprint density at radius 2 is 1.79 bits per heavy atom. The highest BCUT2D eigenvalue weighted by molar-refractivity contribution is 7.93. The minimum atomic E-state index is -4.05. The molecule has 1 aliphatic rings. The van der Waals surface area contributed by atoms with E-state index in [1.54, 1.807) is 0 Å². The summed E-state index contributed by atoms with van der Waals surface area (Å²) >= 11 is 0. The van der Waals surface area contributed by atoms with Gasteiger partial charge in [0.15, 0.2) is 9.84 Å². The molecule has 84 valence electrons. The molecule has 0 aliphatic heterocycles. The molecular weight excluding hydrogens is 228 g/mol. The molecule has 0 radical (unpaired) electrons. The largest absolute Gasteiger partial charge is 0.286 e. The summed E-state index contributed by atoms with van der Waals surface area (Å²) in [5.74, 6) is -0.486. The molecule has 0 aromatic rings. The zero-order chi connectivity index (χ0) is 11.0. The van der Waals surface area contributed by atoms with Gasteiger partial charge in [-0.05, 0) is 26.2 Å². The molecule has 0 saturated heterocycles.